The molecule has 1 fully saturated rings. The number of nitrogens with one attached hydrogen (secondary N) is 1. The number of thiocarbonyl (C=S) groups is 1. The van der Waals surface area contributed by atoms with E-state index in [1.165, 1.54) is 36.0 Å². The van der Waals surface area contributed by atoms with Crippen molar-refractivity contribution in [2.24, 2.45) is 0 Å². The van der Waals surface area contributed by atoms with E-state index in [9.17, 15) is 13.6 Å². The minimum atomic E-state index is -2.86. The molecule has 0 unspecified atom stereocenters. The Hall–Kier alpha value is -1.41. The molecule has 1 atom stereocenters. The number of hydrogen-bond donors (Lipinski definition) is 1. The first-order valence-electron chi connectivity index (χ1n) is 7.27. The molecule has 1 amide bonds. The number of anilines is 1. The van der Waals surface area contributed by atoms with Crippen molar-refractivity contribution in [2.45, 2.75) is 31.6 Å². The molecule has 0 radical (unpaired) electrons. The van der Waals surface area contributed by atoms with Crippen LogP contribution in [0.3, 0.4) is 0 Å². The Morgan fingerprint density at radius 1 is 1.30 bits per heavy atom. The summed E-state index contributed by atoms with van der Waals surface area (Å²) in [4.78, 5) is 14.3. The summed E-state index contributed by atoms with van der Waals surface area (Å²) < 4.78 is 29.2. The molecule has 8 heteroatoms. The molecule has 0 saturated carbocycles. The lowest BCUT2D eigenvalue weighted by atomic mass is 10.3. The molecular formula is C15H18F2N2O2S2. The fraction of sp³-hybridized carbons (Fsp3) is 0.467. The second-order valence-electron chi connectivity index (χ2n) is 5.11. The predicted molar refractivity (Wildman–Crippen MR) is 92.2 cm³/mol. The van der Waals surface area contributed by atoms with Gasteiger partial charge in [0.2, 0.25) is 5.91 Å². The highest BCUT2D eigenvalue weighted by Gasteiger charge is 2.21. The number of halogens is 2. The molecule has 0 aliphatic carbocycles. The standard InChI is InChI=1S/C15H18F2N2O2S2/c1-10(23-15(22)19-8-2-3-9-19)13(20)18-11-4-6-12(7-5-11)21-14(16)17/h4-7,10,14H,2-3,8-9H2,1H3,(H,18,20)/t10-/m0/s1. The molecule has 1 heterocycles. The van der Waals surface area contributed by atoms with E-state index in [0.29, 0.717) is 5.69 Å². The summed E-state index contributed by atoms with van der Waals surface area (Å²) in [6.07, 6.45) is 2.27. The van der Waals surface area contributed by atoms with Gasteiger partial charge in [-0.05, 0) is 44.0 Å². The summed E-state index contributed by atoms with van der Waals surface area (Å²) in [5.74, 6) is -0.130. The fourth-order valence-electron chi connectivity index (χ4n) is 2.14. The molecule has 0 aromatic heterocycles. The lowest BCUT2D eigenvalue weighted by Crippen LogP contribution is -2.29. The van der Waals surface area contributed by atoms with Crippen molar-refractivity contribution in [3.05, 3.63) is 24.3 Å². The number of likely N-dealkylation sites (tertiary alicyclic amines) is 1. The van der Waals surface area contributed by atoms with E-state index in [4.69, 9.17) is 12.2 Å². The van der Waals surface area contributed by atoms with Crippen LogP contribution < -0.4 is 10.1 Å². The van der Waals surface area contributed by atoms with Crippen LogP contribution >= 0.6 is 24.0 Å². The number of carbonyl (C=O) groups excluding carboxylic acids is 1. The first kappa shape index (κ1) is 17.9. The number of carbonyl (C=O) groups is 1. The Kier molecular flexibility index (Phi) is 6.59. The summed E-state index contributed by atoms with van der Waals surface area (Å²) in [5, 5.41) is 2.40. The molecular weight excluding hydrogens is 342 g/mol. The highest BCUT2D eigenvalue weighted by molar-refractivity contribution is 8.23. The SMILES string of the molecule is C[C@H](SC(=S)N1CCCC1)C(=O)Nc1ccc(OC(F)F)cc1. The minimum Gasteiger partial charge on any atom is -0.435 e. The number of nitrogens with zero attached hydrogens (tertiary/aromatic N) is 1. The van der Waals surface area contributed by atoms with Crippen molar-refractivity contribution < 1.29 is 18.3 Å². The molecule has 1 saturated heterocycles. The maximum atomic E-state index is 12.2. The van der Waals surface area contributed by atoms with E-state index in [1.54, 1.807) is 6.92 Å². The number of amides is 1. The average Bonchev–Trinajstić information content (AvgIpc) is 3.03. The van der Waals surface area contributed by atoms with Gasteiger partial charge in [-0.3, -0.25) is 4.79 Å². The second kappa shape index (κ2) is 8.44. The zero-order valence-electron chi connectivity index (χ0n) is 12.6. The normalized spacial score (nSPS) is 15.6. The van der Waals surface area contributed by atoms with Gasteiger partial charge < -0.3 is 15.0 Å². The Labute approximate surface area is 143 Å². The molecule has 0 bridgehead atoms. The van der Waals surface area contributed by atoms with Crippen LogP contribution in [-0.4, -0.2) is 40.1 Å². The highest BCUT2D eigenvalue weighted by Crippen LogP contribution is 2.22. The third kappa shape index (κ3) is 5.62. The first-order valence-corrected chi connectivity index (χ1v) is 8.56. The molecule has 1 N–H and O–H groups in total. The molecule has 1 aromatic carbocycles. The van der Waals surface area contributed by atoms with Gasteiger partial charge in [0.05, 0.1) is 5.25 Å². The molecule has 1 aromatic rings. The van der Waals surface area contributed by atoms with Gasteiger partial charge in [-0.15, -0.1) is 0 Å². The molecule has 1 aliphatic heterocycles. The van der Waals surface area contributed by atoms with Crippen LogP contribution in [0.5, 0.6) is 5.75 Å². The molecule has 23 heavy (non-hydrogen) atoms. The Morgan fingerprint density at radius 3 is 2.48 bits per heavy atom. The number of benzene rings is 1. The number of hydrogen-bond acceptors (Lipinski definition) is 4. The van der Waals surface area contributed by atoms with Crippen LogP contribution in [0.1, 0.15) is 19.8 Å². The van der Waals surface area contributed by atoms with Gasteiger partial charge in [-0.2, -0.15) is 8.78 Å². The maximum absolute atomic E-state index is 12.2. The van der Waals surface area contributed by atoms with Gasteiger partial charge in [-0.25, -0.2) is 0 Å². The Balaban J connectivity index is 1.84. The van der Waals surface area contributed by atoms with E-state index in [1.807, 2.05) is 0 Å². The third-order valence-corrected chi connectivity index (χ3v) is 4.93. The van der Waals surface area contributed by atoms with Gasteiger partial charge in [0.1, 0.15) is 10.1 Å². The average molecular weight is 360 g/mol. The maximum Gasteiger partial charge on any atom is 0.387 e. The predicted octanol–water partition coefficient (Wildman–Crippen LogP) is 3.73. The number of rotatable bonds is 5. The van der Waals surface area contributed by atoms with E-state index >= 15 is 0 Å². The van der Waals surface area contributed by atoms with Crippen LogP contribution in [0.2, 0.25) is 0 Å². The lowest BCUT2D eigenvalue weighted by molar-refractivity contribution is -0.115. The summed E-state index contributed by atoms with van der Waals surface area (Å²) in [6.45, 7) is 0.826. The summed E-state index contributed by atoms with van der Waals surface area (Å²) in [5.41, 5.74) is 0.524. The lowest BCUT2D eigenvalue weighted by Gasteiger charge is -2.20. The van der Waals surface area contributed by atoms with Gasteiger partial charge in [0.15, 0.2) is 0 Å². The van der Waals surface area contributed by atoms with Crippen LogP contribution in [0, 0.1) is 0 Å². The number of alkyl halides is 2. The van der Waals surface area contributed by atoms with Crippen LogP contribution in [0.15, 0.2) is 24.3 Å². The molecule has 0 spiro atoms. The largest absolute Gasteiger partial charge is 0.435 e. The first-order chi connectivity index (χ1) is 11.0. The quantitative estimate of drug-likeness (QED) is 0.811. The summed E-state index contributed by atoms with van der Waals surface area (Å²) in [6, 6.07) is 5.81. The zero-order chi connectivity index (χ0) is 16.8. The monoisotopic (exact) mass is 360 g/mol. The van der Waals surface area contributed by atoms with Gasteiger partial charge >= 0.3 is 6.61 Å². The number of thioether (sulfide) groups is 1. The van der Waals surface area contributed by atoms with E-state index in [-0.39, 0.29) is 16.9 Å². The van der Waals surface area contributed by atoms with E-state index < -0.39 is 6.61 Å². The van der Waals surface area contributed by atoms with Crippen molar-refractivity contribution in [3.63, 3.8) is 0 Å². The number of ether oxygens (including phenoxy) is 1. The molecule has 4 nitrogen and oxygen atoms in total. The van der Waals surface area contributed by atoms with Gasteiger partial charge in [0, 0.05) is 18.8 Å². The summed E-state index contributed by atoms with van der Waals surface area (Å²) >= 11 is 6.71. The van der Waals surface area contributed by atoms with E-state index in [0.717, 1.165) is 30.3 Å². The van der Waals surface area contributed by atoms with Crippen molar-refractivity contribution in [3.8, 4) is 5.75 Å². The topological polar surface area (TPSA) is 41.6 Å². The van der Waals surface area contributed by atoms with Gasteiger partial charge in [-0.1, -0.05) is 24.0 Å². The van der Waals surface area contributed by atoms with Crippen molar-refractivity contribution in [1.82, 2.24) is 4.90 Å². The van der Waals surface area contributed by atoms with Crippen molar-refractivity contribution in [2.75, 3.05) is 18.4 Å². The molecule has 2 rings (SSSR count). The van der Waals surface area contributed by atoms with Crippen LogP contribution in [-0.2, 0) is 4.79 Å². The zero-order valence-corrected chi connectivity index (χ0v) is 14.3. The van der Waals surface area contributed by atoms with Crippen LogP contribution in [0.4, 0.5) is 14.5 Å². The Morgan fingerprint density at radius 2 is 1.91 bits per heavy atom. The van der Waals surface area contributed by atoms with Crippen molar-refractivity contribution in [1.29, 1.82) is 0 Å². The minimum absolute atomic E-state index is 0.0515. The Bertz CT molecular complexity index is 549. The molecule has 126 valence electrons. The van der Waals surface area contributed by atoms with Gasteiger partial charge in [0.25, 0.3) is 0 Å². The molecule has 1 aliphatic rings. The smallest absolute Gasteiger partial charge is 0.387 e. The highest BCUT2D eigenvalue weighted by atomic mass is 32.2. The van der Waals surface area contributed by atoms with Crippen molar-refractivity contribution >= 4 is 39.9 Å². The van der Waals surface area contributed by atoms with Crippen LogP contribution in [0.25, 0.3) is 0 Å². The second-order valence-corrected chi connectivity index (χ2v) is 7.09. The summed E-state index contributed by atoms with van der Waals surface area (Å²) in [7, 11) is 0. The van der Waals surface area contributed by atoms with E-state index in [2.05, 4.69) is 15.0 Å². The fourth-order valence-corrected chi connectivity index (χ4v) is 3.56. The third-order valence-electron chi connectivity index (χ3n) is 3.36.